The molecule has 0 radical (unpaired) electrons. The van der Waals surface area contributed by atoms with Crippen LogP contribution in [0.2, 0.25) is 0 Å². The maximum atomic E-state index is 5.46. The van der Waals surface area contributed by atoms with Gasteiger partial charge in [0.05, 0.1) is 6.20 Å². The minimum absolute atomic E-state index is 0.834. The second-order valence-corrected chi connectivity index (χ2v) is 4.82. The van der Waals surface area contributed by atoms with E-state index in [4.69, 9.17) is 5.73 Å². The summed E-state index contributed by atoms with van der Waals surface area (Å²) in [4.78, 5) is 2.36. The molecular formula is C13H26N4. The Morgan fingerprint density at radius 2 is 1.94 bits per heavy atom. The number of nitrogens with two attached hydrogens (primary N) is 1. The minimum atomic E-state index is 0.834. The van der Waals surface area contributed by atoms with E-state index >= 15 is 0 Å². The Labute approximate surface area is 105 Å². The first kappa shape index (κ1) is 14.2. The highest BCUT2D eigenvalue weighted by Crippen LogP contribution is 2.05. The standard InChI is InChI=1S/C13H26N4/c1-16(9-7-5-3-4-6-8-14)11-13-10-15-17(2)12-13/h10,12H,3-9,11,14H2,1-2H3. The summed E-state index contributed by atoms with van der Waals surface area (Å²) >= 11 is 0. The van der Waals surface area contributed by atoms with Crippen LogP contribution in [0.25, 0.3) is 0 Å². The second kappa shape index (κ2) is 8.25. The molecule has 4 nitrogen and oxygen atoms in total. The monoisotopic (exact) mass is 238 g/mol. The largest absolute Gasteiger partial charge is 0.330 e. The molecule has 1 heterocycles. The Morgan fingerprint density at radius 3 is 2.59 bits per heavy atom. The van der Waals surface area contributed by atoms with Gasteiger partial charge in [-0.15, -0.1) is 0 Å². The summed E-state index contributed by atoms with van der Waals surface area (Å²) in [6.45, 7) is 3.00. The number of unbranched alkanes of at least 4 members (excludes halogenated alkanes) is 4. The normalized spacial score (nSPS) is 11.3. The van der Waals surface area contributed by atoms with E-state index in [2.05, 4.69) is 23.2 Å². The zero-order chi connectivity index (χ0) is 12.5. The van der Waals surface area contributed by atoms with Crippen molar-refractivity contribution < 1.29 is 0 Å². The molecule has 0 amide bonds. The number of hydrogen-bond donors (Lipinski definition) is 1. The number of aryl methyl sites for hydroxylation is 1. The SMILES string of the molecule is CN(CCCCCCCN)Cc1cnn(C)c1. The number of hydrogen-bond acceptors (Lipinski definition) is 3. The Hall–Kier alpha value is -0.870. The Balaban J connectivity index is 2.03. The molecule has 0 bridgehead atoms. The summed E-state index contributed by atoms with van der Waals surface area (Å²) in [6.07, 6.45) is 10.4. The molecule has 0 atom stereocenters. The fourth-order valence-electron chi connectivity index (χ4n) is 2.00. The first-order valence-corrected chi connectivity index (χ1v) is 6.58. The predicted octanol–water partition coefficient (Wildman–Crippen LogP) is 1.76. The molecule has 1 aromatic rings. The van der Waals surface area contributed by atoms with E-state index in [0.29, 0.717) is 0 Å². The molecular weight excluding hydrogens is 212 g/mol. The highest BCUT2D eigenvalue weighted by Gasteiger charge is 2.01. The van der Waals surface area contributed by atoms with Crippen molar-refractivity contribution in [2.45, 2.75) is 38.6 Å². The average molecular weight is 238 g/mol. The highest BCUT2D eigenvalue weighted by molar-refractivity contribution is 5.02. The van der Waals surface area contributed by atoms with Gasteiger partial charge in [-0.1, -0.05) is 19.3 Å². The van der Waals surface area contributed by atoms with Crippen LogP contribution < -0.4 is 5.73 Å². The van der Waals surface area contributed by atoms with Crippen LogP contribution in [0.15, 0.2) is 12.4 Å². The summed E-state index contributed by atoms with van der Waals surface area (Å²) < 4.78 is 1.86. The molecule has 1 aromatic heterocycles. The highest BCUT2D eigenvalue weighted by atomic mass is 15.2. The topological polar surface area (TPSA) is 47.1 Å². The molecule has 0 aromatic carbocycles. The van der Waals surface area contributed by atoms with Crippen molar-refractivity contribution >= 4 is 0 Å². The van der Waals surface area contributed by atoms with Crippen LogP contribution >= 0.6 is 0 Å². The molecule has 98 valence electrons. The van der Waals surface area contributed by atoms with Gasteiger partial charge in [-0.25, -0.2) is 0 Å². The van der Waals surface area contributed by atoms with Crippen molar-refractivity contribution in [3.05, 3.63) is 18.0 Å². The second-order valence-electron chi connectivity index (χ2n) is 4.82. The lowest BCUT2D eigenvalue weighted by Crippen LogP contribution is -2.18. The minimum Gasteiger partial charge on any atom is -0.330 e. The van der Waals surface area contributed by atoms with Crippen LogP contribution in [-0.2, 0) is 13.6 Å². The van der Waals surface area contributed by atoms with Gasteiger partial charge in [0.2, 0.25) is 0 Å². The van der Waals surface area contributed by atoms with Crippen LogP contribution in [-0.4, -0.2) is 34.8 Å². The smallest absolute Gasteiger partial charge is 0.0534 e. The molecule has 0 saturated carbocycles. The maximum absolute atomic E-state index is 5.46. The van der Waals surface area contributed by atoms with Gasteiger partial charge in [0, 0.05) is 25.4 Å². The van der Waals surface area contributed by atoms with Crippen molar-refractivity contribution in [3.63, 3.8) is 0 Å². The van der Waals surface area contributed by atoms with Crippen molar-refractivity contribution in [1.29, 1.82) is 0 Å². The lowest BCUT2D eigenvalue weighted by atomic mass is 10.1. The summed E-state index contributed by atoms with van der Waals surface area (Å²) in [5.74, 6) is 0. The Kier molecular flexibility index (Phi) is 6.89. The molecule has 0 fully saturated rings. The van der Waals surface area contributed by atoms with E-state index in [0.717, 1.165) is 19.6 Å². The number of rotatable bonds is 9. The molecule has 2 N–H and O–H groups in total. The van der Waals surface area contributed by atoms with E-state index in [9.17, 15) is 0 Å². The molecule has 0 spiro atoms. The molecule has 0 aliphatic rings. The Morgan fingerprint density at radius 1 is 1.24 bits per heavy atom. The van der Waals surface area contributed by atoms with Crippen LogP contribution in [0.1, 0.15) is 37.7 Å². The molecule has 4 heteroatoms. The fourth-order valence-corrected chi connectivity index (χ4v) is 2.00. The van der Waals surface area contributed by atoms with Crippen molar-refractivity contribution in [2.24, 2.45) is 12.8 Å². The van der Waals surface area contributed by atoms with Gasteiger partial charge >= 0.3 is 0 Å². The van der Waals surface area contributed by atoms with Crippen LogP contribution in [0.3, 0.4) is 0 Å². The van der Waals surface area contributed by atoms with E-state index in [1.807, 2.05) is 17.9 Å². The third kappa shape index (κ3) is 6.44. The van der Waals surface area contributed by atoms with E-state index in [1.54, 1.807) is 0 Å². The van der Waals surface area contributed by atoms with Crippen molar-refractivity contribution in [3.8, 4) is 0 Å². The quantitative estimate of drug-likeness (QED) is 0.667. The number of aromatic nitrogens is 2. The summed E-state index contributed by atoms with van der Waals surface area (Å²) in [6, 6.07) is 0. The van der Waals surface area contributed by atoms with E-state index in [-0.39, 0.29) is 0 Å². The lowest BCUT2D eigenvalue weighted by Gasteiger charge is -2.15. The van der Waals surface area contributed by atoms with E-state index in [1.165, 1.54) is 37.7 Å². The maximum Gasteiger partial charge on any atom is 0.0534 e. The first-order chi connectivity index (χ1) is 8.22. The number of nitrogens with zero attached hydrogens (tertiary/aromatic N) is 3. The lowest BCUT2D eigenvalue weighted by molar-refractivity contribution is 0.316. The third-order valence-corrected chi connectivity index (χ3v) is 2.95. The Bertz CT molecular complexity index is 295. The summed E-state index contributed by atoms with van der Waals surface area (Å²) in [5, 5.41) is 4.18. The van der Waals surface area contributed by atoms with Crippen LogP contribution in [0.5, 0.6) is 0 Å². The zero-order valence-electron chi connectivity index (χ0n) is 11.2. The molecule has 17 heavy (non-hydrogen) atoms. The van der Waals surface area contributed by atoms with Crippen molar-refractivity contribution in [1.82, 2.24) is 14.7 Å². The zero-order valence-corrected chi connectivity index (χ0v) is 11.2. The van der Waals surface area contributed by atoms with Gasteiger partial charge in [0.15, 0.2) is 0 Å². The summed E-state index contributed by atoms with van der Waals surface area (Å²) in [5.41, 5.74) is 6.75. The van der Waals surface area contributed by atoms with Gasteiger partial charge in [-0.2, -0.15) is 5.10 Å². The average Bonchev–Trinajstić information content (AvgIpc) is 2.69. The molecule has 0 saturated heterocycles. The van der Waals surface area contributed by atoms with Gasteiger partial charge in [-0.05, 0) is 33.0 Å². The van der Waals surface area contributed by atoms with Crippen LogP contribution in [0.4, 0.5) is 0 Å². The van der Waals surface area contributed by atoms with Gasteiger partial charge in [-0.3, -0.25) is 4.68 Å². The van der Waals surface area contributed by atoms with Crippen LogP contribution in [0, 0.1) is 0 Å². The molecule has 0 aliphatic heterocycles. The fraction of sp³-hybridized carbons (Fsp3) is 0.769. The molecule has 0 unspecified atom stereocenters. The molecule has 0 aliphatic carbocycles. The van der Waals surface area contributed by atoms with Gasteiger partial charge in [0.25, 0.3) is 0 Å². The predicted molar refractivity (Wildman–Crippen MR) is 71.7 cm³/mol. The molecule has 1 rings (SSSR count). The third-order valence-electron chi connectivity index (χ3n) is 2.95. The van der Waals surface area contributed by atoms with E-state index < -0.39 is 0 Å². The van der Waals surface area contributed by atoms with Gasteiger partial charge in [0.1, 0.15) is 0 Å². The van der Waals surface area contributed by atoms with Crippen molar-refractivity contribution in [2.75, 3.05) is 20.1 Å². The first-order valence-electron chi connectivity index (χ1n) is 6.58. The summed E-state index contributed by atoms with van der Waals surface area (Å²) in [7, 11) is 4.13. The van der Waals surface area contributed by atoms with Gasteiger partial charge < -0.3 is 10.6 Å².